The molecule has 0 atom stereocenters. The number of nitrogens with zero attached hydrogens (tertiary/aromatic N) is 2. The lowest BCUT2D eigenvalue weighted by Crippen LogP contribution is -2.41. The van der Waals surface area contributed by atoms with Crippen LogP contribution in [0.15, 0.2) is 35.7 Å². The van der Waals surface area contributed by atoms with Crippen LogP contribution < -0.4 is 5.32 Å². The SMILES string of the molecule is CC(C(=O)N(Cc1cccnc1)C(C)C)=C1CNC1. The number of carbonyl (C=O) groups is 1. The Labute approximate surface area is 114 Å². The second kappa shape index (κ2) is 5.97. The van der Waals surface area contributed by atoms with E-state index in [9.17, 15) is 4.79 Å². The molecule has 0 radical (unpaired) electrons. The average molecular weight is 259 g/mol. The summed E-state index contributed by atoms with van der Waals surface area (Å²) in [6.07, 6.45) is 3.56. The van der Waals surface area contributed by atoms with E-state index >= 15 is 0 Å². The molecule has 19 heavy (non-hydrogen) atoms. The lowest BCUT2D eigenvalue weighted by molar-refractivity contribution is -0.129. The molecule has 1 aromatic heterocycles. The van der Waals surface area contributed by atoms with E-state index in [1.165, 1.54) is 5.57 Å². The number of pyridine rings is 1. The normalized spacial score (nSPS) is 14.2. The van der Waals surface area contributed by atoms with Gasteiger partial charge >= 0.3 is 0 Å². The third-order valence-corrected chi connectivity index (χ3v) is 3.49. The maximum absolute atomic E-state index is 12.5. The van der Waals surface area contributed by atoms with Crippen LogP contribution in [0.25, 0.3) is 0 Å². The molecule has 0 aromatic carbocycles. The zero-order chi connectivity index (χ0) is 13.8. The fourth-order valence-electron chi connectivity index (χ4n) is 2.06. The van der Waals surface area contributed by atoms with Gasteiger partial charge in [0.05, 0.1) is 0 Å². The van der Waals surface area contributed by atoms with Crippen molar-refractivity contribution < 1.29 is 4.79 Å². The van der Waals surface area contributed by atoms with E-state index in [0.29, 0.717) is 6.54 Å². The summed E-state index contributed by atoms with van der Waals surface area (Å²) in [6, 6.07) is 4.08. The van der Waals surface area contributed by atoms with Crippen molar-refractivity contribution in [3.8, 4) is 0 Å². The molecule has 4 nitrogen and oxygen atoms in total. The van der Waals surface area contributed by atoms with Crippen LogP contribution in [0.5, 0.6) is 0 Å². The average Bonchev–Trinajstić information content (AvgIpc) is 2.34. The van der Waals surface area contributed by atoms with Crippen molar-refractivity contribution in [3.05, 3.63) is 41.2 Å². The molecule has 0 spiro atoms. The minimum atomic E-state index is 0.135. The topological polar surface area (TPSA) is 45.2 Å². The number of amides is 1. The Morgan fingerprint density at radius 2 is 2.21 bits per heavy atom. The van der Waals surface area contributed by atoms with E-state index < -0.39 is 0 Å². The summed E-state index contributed by atoms with van der Waals surface area (Å²) < 4.78 is 0. The van der Waals surface area contributed by atoms with Gasteiger partial charge < -0.3 is 10.2 Å². The molecule has 1 saturated heterocycles. The first-order valence-corrected chi connectivity index (χ1v) is 6.69. The minimum Gasteiger partial charge on any atom is -0.332 e. The van der Waals surface area contributed by atoms with E-state index in [0.717, 1.165) is 24.2 Å². The summed E-state index contributed by atoms with van der Waals surface area (Å²) >= 11 is 0. The number of aromatic nitrogens is 1. The summed E-state index contributed by atoms with van der Waals surface area (Å²) in [5.74, 6) is 0.135. The van der Waals surface area contributed by atoms with Crippen LogP contribution in [-0.4, -0.2) is 34.9 Å². The molecule has 1 amide bonds. The number of carbonyl (C=O) groups excluding carboxylic acids is 1. The van der Waals surface area contributed by atoms with Crippen LogP contribution in [0.1, 0.15) is 26.3 Å². The lowest BCUT2D eigenvalue weighted by Gasteiger charge is -2.30. The highest BCUT2D eigenvalue weighted by Crippen LogP contribution is 2.16. The third-order valence-electron chi connectivity index (χ3n) is 3.49. The Morgan fingerprint density at radius 3 is 2.68 bits per heavy atom. The van der Waals surface area contributed by atoms with Gasteiger partial charge in [-0.1, -0.05) is 6.07 Å². The van der Waals surface area contributed by atoms with E-state index in [1.807, 2.05) is 44.0 Å². The van der Waals surface area contributed by atoms with Crippen molar-refractivity contribution in [2.75, 3.05) is 13.1 Å². The van der Waals surface area contributed by atoms with Crippen molar-refractivity contribution in [3.63, 3.8) is 0 Å². The van der Waals surface area contributed by atoms with Gasteiger partial charge in [-0.2, -0.15) is 0 Å². The van der Waals surface area contributed by atoms with Crippen molar-refractivity contribution in [2.24, 2.45) is 0 Å². The van der Waals surface area contributed by atoms with Gasteiger partial charge in [0.1, 0.15) is 0 Å². The van der Waals surface area contributed by atoms with Gasteiger partial charge in [-0.15, -0.1) is 0 Å². The molecule has 2 rings (SSSR count). The fraction of sp³-hybridized carbons (Fsp3) is 0.467. The zero-order valence-electron chi connectivity index (χ0n) is 11.8. The highest BCUT2D eigenvalue weighted by Gasteiger charge is 2.23. The molecule has 1 aliphatic heterocycles. The van der Waals surface area contributed by atoms with Gasteiger partial charge in [-0.05, 0) is 38.0 Å². The maximum Gasteiger partial charge on any atom is 0.250 e. The van der Waals surface area contributed by atoms with Crippen LogP contribution >= 0.6 is 0 Å². The van der Waals surface area contributed by atoms with Gasteiger partial charge in [-0.3, -0.25) is 9.78 Å². The van der Waals surface area contributed by atoms with Crippen LogP contribution in [0.3, 0.4) is 0 Å². The molecular formula is C15H21N3O. The van der Waals surface area contributed by atoms with Crippen LogP contribution in [0, 0.1) is 0 Å². The highest BCUT2D eigenvalue weighted by molar-refractivity contribution is 5.94. The van der Waals surface area contributed by atoms with E-state index in [2.05, 4.69) is 10.3 Å². The van der Waals surface area contributed by atoms with Crippen molar-refractivity contribution in [2.45, 2.75) is 33.4 Å². The summed E-state index contributed by atoms with van der Waals surface area (Å²) in [7, 11) is 0. The molecule has 1 fully saturated rings. The summed E-state index contributed by atoms with van der Waals surface area (Å²) in [4.78, 5) is 18.5. The molecule has 0 bridgehead atoms. The Bertz CT molecular complexity index is 473. The van der Waals surface area contributed by atoms with Crippen LogP contribution in [0.2, 0.25) is 0 Å². The van der Waals surface area contributed by atoms with Gasteiger partial charge in [0.15, 0.2) is 0 Å². The lowest BCUT2D eigenvalue weighted by atomic mass is 10.0. The molecule has 0 unspecified atom stereocenters. The molecule has 1 aliphatic rings. The summed E-state index contributed by atoms with van der Waals surface area (Å²) in [5.41, 5.74) is 3.17. The molecular weight excluding hydrogens is 238 g/mol. The first kappa shape index (κ1) is 13.7. The standard InChI is InChI=1S/C15H21N3O/c1-11(2)18(10-13-5-4-6-16-7-13)15(19)12(3)14-8-17-9-14/h4-7,11,17H,8-10H2,1-3H3. The van der Waals surface area contributed by atoms with Gasteiger partial charge in [0, 0.05) is 43.6 Å². The molecule has 0 saturated carbocycles. The van der Waals surface area contributed by atoms with Crippen molar-refractivity contribution >= 4 is 5.91 Å². The minimum absolute atomic E-state index is 0.135. The zero-order valence-corrected chi connectivity index (χ0v) is 11.8. The van der Waals surface area contributed by atoms with Gasteiger partial charge in [0.2, 0.25) is 5.91 Å². The van der Waals surface area contributed by atoms with Crippen LogP contribution in [0.4, 0.5) is 0 Å². The monoisotopic (exact) mass is 259 g/mol. The quantitative estimate of drug-likeness (QED) is 0.838. The van der Waals surface area contributed by atoms with Crippen molar-refractivity contribution in [1.29, 1.82) is 0 Å². The molecule has 0 aliphatic carbocycles. The highest BCUT2D eigenvalue weighted by atomic mass is 16.2. The molecule has 4 heteroatoms. The Kier molecular flexibility index (Phi) is 4.32. The predicted molar refractivity (Wildman–Crippen MR) is 75.5 cm³/mol. The molecule has 2 heterocycles. The Balaban J connectivity index is 2.14. The van der Waals surface area contributed by atoms with E-state index in [1.54, 1.807) is 6.20 Å². The summed E-state index contributed by atoms with van der Waals surface area (Å²) in [6.45, 7) is 8.32. The smallest absolute Gasteiger partial charge is 0.250 e. The van der Waals surface area contributed by atoms with E-state index in [-0.39, 0.29) is 11.9 Å². The molecule has 102 valence electrons. The fourth-order valence-corrected chi connectivity index (χ4v) is 2.06. The molecule has 1 N–H and O–H groups in total. The number of rotatable bonds is 4. The maximum atomic E-state index is 12.5. The number of hydrogen-bond donors (Lipinski definition) is 1. The van der Waals surface area contributed by atoms with Gasteiger partial charge in [0.25, 0.3) is 0 Å². The first-order chi connectivity index (χ1) is 9.09. The Morgan fingerprint density at radius 1 is 1.47 bits per heavy atom. The second-order valence-electron chi connectivity index (χ2n) is 5.22. The predicted octanol–water partition coefficient (Wildman–Crippen LogP) is 1.74. The molecule has 1 aromatic rings. The van der Waals surface area contributed by atoms with Crippen molar-refractivity contribution in [1.82, 2.24) is 15.2 Å². The van der Waals surface area contributed by atoms with Crippen LogP contribution in [-0.2, 0) is 11.3 Å². The number of hydrogen-bond acceptors (Lipinski definition) is 3. The number of nitrogens with one attached hydrogen (secondary N) is 1. The second-order valence-corrected chi connectivity index (χ2v) is 5.22. The van der Waals surface area contributed by atoms with Gasteiger partial charge in [-0.25, -0.2) is 0 Å². The third kappa shape index (κ3) is 3.20. The summed E-state index contributed by atoms with van der Waals surface area (Å²) in [5, 5.41) is 3.18. The largest absolute Gasteiger partial charge is 0.332 e. The first-order valence-electron chi connectivity index (χ1n) is 6.69. The Hall–Kier alpha value is -1.68. The van der Waals surface area contributed by atoms with E-state index in [4.69, 9.17) is 0 Å².